The van der Waals surface area contributed by atoms with Crippen LogP contribution in [0, 0.1) is 11.3 Å². The minimum Gasteiger partial charge on any atom is -0.350 e. The zero-order chi connectivity index (χ0) is 29.2. The fourth-order valence-electron chi connectivity index (χ4n) is 4.34. The molecule has 2 rings (SSSR count). The summed E-state index contributed by atoms with van der Waals surface area (Å²) in [4.78, 5) is 33.4. The van der Waals surface area contributed by atoms with Crippen LogP contribution in [0.1, 0.15) is 84.9 Å². The molecule has 0 spiro atoms. The van der Waals surface area contributed by atoms with Crippen LogP contribution < -0.4 is 10.6 Å². The zero-order valence-corrected chi connectivity index (χ0v) is 25.8. The van der Waals surface area contributed by atoms with Crippen molar-refractivity contribution < 1.29 is 9.59 Å². The highest BCUT2D eigenvalue weighted by molar-refractivity contribution is 5.90. The molecule has 216 valence electrons. The summed E-state index contributed by atoms with van der Waals surface area (Å²) in [5.41, 5.74) is 3.25. The molecule has 6 nitrogen and oxygen atoms in total. The molecule has 0 bridgehead atoms. The van der Waals surface area contributed by atoms with E-state index in [-0.39, 0.29) is 17.2 Å². The number of amides is 2. The highest BCUT2D eigenvalue weighted by Crippen LogP contribution is 2.22. The van der Waals surface area contributed by atoms with Crippen LogP contribution in [0.5, 0.6) is 0 Å². The molecule has 1 heterocycles. The third kappa shape index (κ3) is 12.8. The van der Waals surface area contributed by atoms with Crippen LogP contribution in [0.25, 0.3) is 0 Å². The minimum atomic E-state index is -0.671. The lowest BCUT2D eigenvalue weighted by Crippen LogP contribution is -2.57. The standard InChI is InChI=1S/C33H52N4O2/c1-24(2)17-21-37(9)29(23-27-15-19-34-20-16-27)31(39)35-28(30(38)36-33(6,7)8)22-26-12-10-25(11-13-26)14-18-32(3,4)5/h10-13,15-16,19-20,24,28-29H,14,17-18,21-23H2,1-9H3,(H,35,39)(H,36,38). The average Bonchev–Trinajstić information content (AvgIpc) is 2.84. The van der Waals surface area contributed by atoms with Crippen LogP contribution in [0.3, 0.4) is 0 Å². The largest absolute Gasteiger partial charge is 0.350 e. The number of aryl methyl sites for hydroxylation is 1. The summed E-state index contributed by atoms with van der Waals surface area (Å²) < 4.78 is 0. The first-order valence-electron chi connectivity index (χ1n) is 14.4. The second-order valence-electron chi connectivity index (χ2n) is 13.6. The van der Waals surface area contributed by atoms with Crippen molar-refractivity contribution in [3.63, 3.8) is 0 Å². The molecule has 2 N–H and O–H groups in total. The number of aromatic nitrogens is 1. The third-order valence-corrected chi connectivity index (χ3v) is 6.83. The molecule has 39 heavy (non-hydrogen) atoms. The number of pyridine rings is 1. The summed E-state index contributed by atoms with van der Waals surface area (Å²) in [6.45, 7) is 17.8. The van der Waals surface area contributed by atoms with Crippen LogP contribution in [0.4, 0.5) is 0 Å². The maximum Gasteiger partial charge on any atom is 0.243 e. The van der Waals surface area contributed by atoms with E-state index in [9.17, 15) is 9.59 Å². The number of rotatable bonds is 13. The Balaban J connectivity index is 2.24. The average molecular weight is 537 g/mol. The number of hydrogen-bond donors (Lipinski definition) is 2. The van der Waals surface area contributed by atoms with Crippen molar-refractivity contribution in [1.82, 2.24) is 20.5 Å². The molecule has 2 unspecified atom stereocenters. The van der Waals surface area contributed by atoms with E-state index in [1.807, 2.05) is 40.0 Å². The van der Waals surface area contributed by atoms with E-state index in [2.05, 4.69) is 79.4 Å². The molecule has 0 aliphatic rings. The van der Waals surface area contributed by atoms with E-state index in [4.69, 9.17) is 0 Å². The van der Waals surface area contributed by atoms with Crippen molar-refractivity contribution in [3.05, 3.63) is 65.5 Å². The van der Waals surface area contributed by atoms with E-state index < -0.39 is 17.6 Å². The Morgan fingerprint density at radius 3 is 1.95 bits per heavy atom. The van der Waals surface area contributed by atoms with Crippen LogP contribution in [0.2, 0.25) is 0 Å². The van der Waals surface area contributed by atoms with Crippen LogP contribution >= 0.6 is 0 Å². The van der Waals surface area contributed by atoms with Gasteiger partial charge in [-0.25, -0.2) is 0 Å². The number of benzene rings is 1. The SMILES string of the molecule is CC(C)CCN(C)C(Cc1ccncc1)C(=O)NC(Cc1ccc(CCC(C)(C)C)cc1)C(=O)NC(C)(C)C. The first kappa shape index (κ1) is 32.5. The van der Waals surface area contributed by atoms with Gasteiger partial charge < -0.3 is 10.6 Å². The van der Waals surface area contributed by atoms with Gasteiger partial charge >= 0.3 is 0 Å². The summed E-state index contributed by atoms with van der Waals surface area (Å²) in [7, 11) is 1.99. The van der Waals surface area contributed by atoms with Crippen molar-refractivity contribution >= 4 is 11.8 Å². The van der Waals surface area contributed by atoms with Crippen molar-refractivity contribution in [3.8, 4) is 0 Å². The monoisotopic (exact) mass is 536 g/mol. The second kappa shape index (κ2) is 14.6. The molecule has 0 saturated heterocycles. The van der Waals surface area contributed by atoms with Crippen molar-refractivity contribution in [2.24, 2.45) is 11.3 Å². The van der Waals surface area contributed by atoms with Crippen molar-refractivity contribution in [1.29, 1.82) is 0 Å². The Morgan fingerprint density at radius 1 is 0.846 bits per heavy atom. The smallest absolute Gasteiger partial charge is 0.243 e. The van der Waals surface area contributed by atoms with E-state index in [0.29, 0.717) is 18.8 Å². The highest BCUT2D eigenvalue weighted by Gasteiger charge is 2.30. The molecule has 0 saturated carbocycles. The Kier molecular flexibility index (Phi) is 12.2. The Morgan fingerprint density at radius 2 is 1.41 bits per heavy atom. The van der Waals surface area contributed by atoms with Gasteiger partial charge in [-0.1, -0.05) is 58.9 Å². The molecule has 1 aromatic heterocycles. The number of carbonyl (C=O) groups excluding carboxylic acids is 2. The Labute approximate surface area is 237 Å². The summed E-state index contributed by atoms with van der Waals surface area (Å²) >= 11 is 0. The normalized spacial score (nSPS) is 13.8. The minimum absolute atomic E-state index is 0.131. The van der Waals surface area contributed by atoms with Gasteiger partial charge in [0.05, 0.1) is 6.04 Å². The van der Waals surface area contributed by atoms with Crippen LogP contribution in [0.15, 0.2) is 48.8 Å². The quantitative estimate of drug-likeness (QED) is 0.350. The van der Waals surface area contributed by atoms with Crippen LogP contribution in [-0.4, -0.2) is 52.9 Å². The van der Waals surface area contributed by atoms with Gasteiger partial charge in [-0.2, -0.15) is 0 Å². The lowest BCUT2D eigenvalue weighted by molar-refractivity contribution is -0.132. The summed E-state index contributed by atoms with van der Waals surface area (Å²) in [5, 5.41) is 6.20. The molecule has 2 aromatic rings. The van der Waals surface area contributed by atoms with Gasteiger partial charge in [0.15, 0.2) is 0 Å². The fourth-order valence-corrected chi connectivity index (χ4v) is 4.34. The van der Waals surface area contributed by atoms with Crippen molar-refractivity contribution in [2.75, 3.05) is 13.6 Å². The molecule has 6 heteroatoms. The Hall–Kier alpha value is -2.73. The van der Waals surface area contributed by atoms with Gasteiger partial charge in [-0.05, 0) is 100 Å². The Bertz CT molecular complexity index is 1020. The van der Waals surface area contributed by atoms with E-state index in [1.165, 1.54) is 5.56 Å². The third-order valence-electron chi connectivity index (χ3n) is 6.83. The van der Waals surface area contributed by atoms with Gasteiger partial charge in [-0.15, -0.1) is 0 Å². The molecular formula is C33H52N4O2. The van der Waals surface area contributed by atoms with Crippen LogP contribution in [-0.2, 0) is 28.9 Å². The molecule has 0 aliphatic carbocycles. The van der Waals surface area contributed by atoms with Gasteiger partial charge in [0.1, 0.15) is 6.04 Å². The number of carbonyl (C=O) groups is 2. The van der Waals surface area contributed by atoms with E-state index in [0.717, 1.165) is 36.9 Å². The molecule has 0 fully saturated rings. The maximum atomic E-state index is 13.8. The molecule has 2 amide bonds. The second-order valence-corrected chi connectivity index (χ2v) is 13.6. The maximum absolute atomic E-state index is 13.8. The predicted octanol–water partition coefficient (Wildman–Crippen LogP) is 5.59. The predicted molar refractivity (Wildman–Crippen MR) is 162 cm³/mol. The lowest BCUT2D eigenvalue weighted by atomic mass is 9.88. The number of nitrogens with one attached hydrogen (secondary N) is 2. The summed E-state index contributed by atoms with van der Waals surface area (Å²) in [6.07, 6.45) is 7.62. The van der Waals surface area contributed by atoms with Crippen molar-refractivity contribution in [2.45, 2.75) is 105 Å². The lowest BCUT2D eigenvalue weighted by Gasteiger charge is -2.31. The summed E-state index contributed by atoms with van der Waals surface area (Å²) in [5.74, 6) is 0.239. The summed E-state index contributed by atoms with van der Waals surface area (Å²) in [6, 6.07) is 11.3. The number of hydrogen-bond acceptors (Lipinski definition) is 4. The van der Waals surface area contributed by atoms with Gasteiger partial charge in [-0.3, -0.25) is 19.5 Å². The molecule has 1 aromatic carbocycles. The number of nitrogens with zero attached hydrogens (tertiary/aromatic N) is 2. The van der Waals surface area contributed by atoms with Gasteiger partial charge in [0.25, 0.3) is 0 Å². The van der Waals surface area contributed by atoms with Gasteiger partial charge in [0.2, 0.25) is 11.8 Å². The first-order chi connectivity index (χ1) is 18.1. The highest BCUT2D eigenvalue weighted by atomic mass is 16.2. The number of likely N-dealkylation sites (N-methyl/N-ethyl adjacent to an activating group) is 1. The molecule has 0 radical (unpaired) electrons. The zero-order valence-electron chi connectivity index (χ0n) is 25.8. The van der Waals surface area contributed by atoms with Gasteiger partial charge in [0, 0.05) is 24.4 Å². The first-order valence-corrected chi connectivity index (χ1v) is 14.4. The molecule has 0 aliphatic heterocycles. The van der Waals surface area contributed by atoms with E-state index in [1.54, 1.807) is 12.4 Å². The van der Waals surface area contributed by atoms with E-state index >= 15 is 0 Å². The topological polar surface area (TPSA) is 74.3 Å². The molecule has 2 atom stereocenters. The fraction of sp³-hybridized carbons (Fsp3) is 0.606. The molecular weight excluding hydrogens is 484 g/mol.